The predicted molar refractivity (Wildman–Crippen MR) is 91.6 cm³/mol. The summed E-state index contributed by atoms with van der Waals surface area (Å²) in [5.41, 5.74) is 2.06. The SMILES string of the molecule is N#CN1[C@H]2CC[C@@H]1[C@H](NC(=O)N1CCNc3ccc(Cl)cc3C1)C2. The van der Waals surface area contributed by atoms with Crippen molar-refractivity contribution in [3.05, 3.63) is 28.8 Å². The van der Waals surface area contributed by atoms with E-state index in [0.29, 0.717) is 30.7 Å². The number of nitrogens with one attached hydrogen (secondary N) is 2. The first-order chi connectivity index (χ1) is 11.7. The second-order valence-corrected chi connectivity index (χ2v) is 7.18. The minimum absolute atomic E-state index is 0.0555. The first-order valence-electron chi connectivity index (χ1n) is 8.41. The van der Waals surface area contributed by atoms with Crippen LogP contribution in [0.4, 0.5) is 10.5 Å². The second kappa shape index (κ2) is 6.06. The van der Waals surface area contributed by atoms with Crippen molar-refractivity contribution in [1.82, 2.24) is 15.1 Å². The third-order valence-corrected chi connectivity index (χ3v) is 5.61. The van der Waals surface area contributed by atoms with E-state index in [9.17, 15) is 10.1 Å². The molecular weight excluding hydrogens is 326 g/mol. The van der Waals surface area contributed by atoms with E-state index < -0.39 is 0 Å². The molecule has 7 heteroatoms. The number of halogens is 1. The van der Waals surface area contributed by atoms with E-state index in [2.05, 4.69) is 16.8 Å². The molecule has 0 unspecified atom stereocenters. The molecular formula is C17H20ClN5O. The molecule has 2 saturated heterocycles. The summed E-state index contributed by atoms with van der Waals surface area (Å²) in [6.45, 7) is 1.89. The molecule has 3 atom stereocenters. The Morgan fingerprint density at radius 2 is 2.29 bits per heavy atom. The predicted octanol–water partition coefficient (Wildman–Crippen LogP) is 2.36. The third-order valence-electron chi connectivity index (χ3n) is 5.37. The number of carbonyl (C=O) groups excluding carboxylic acids is 1. The van der Waals surface area contributed by atoms with Crippen molar-refractivity contribution in [3.8, 4) is 6.19 Å². The van der Waals surface area contributed by atoms with Crippen molar-refractivity contribution in [2.75, 3.05) is 18.4 Å². The maximum Gasteiger partial charge on any atom is 0.318 e. The number of benzene rings is 1. The number of rotatable bonds is 1. The van der Waals surface area contributed by atoms with Crippen molar-refractivity contribution < 1.29 is 4.79 Å². The van der Waals surface area contributed by atoms with Crippen molar-refractivity contribution >= 4 is 23.3 Å². The van der Waals surface area contributed by atoms with Crippen LogP contribution in [0.3, 0.4) is 0 Å². The number of urea groups is 1. The number of amides is 2. The largest absolute Gasteiger partial charge is 0.383 e. The lowest BCUT2D eigenvalue weighted by molar-refractivity contribution is 0.190. The van der Waals surface area contributed by atoms with Crippen LogP contribution in [0, 0.1) is 11.5 Å². The number of nitrogens with zero attached hydrogens (tertiary/aromatic N) is 3. The first-order valence-corrected chi connectivity index (χ1v) is 8.79. The lowest BCUT2D eigenvalue weighted by Crippen LogP contribution is -2.49. The molecule has 1 aromatic rings. The van der Waals surface area contributed by atoms with Crippen LogP contribution in [0.25, 0.3) is 0 Å². The minimum Gasteiger partial charge on any atom is -0.383 e. The molecule has 2 bridgehead atoms. The number of hydrogen-bond acceptors (Lipinski definition) is 4. The van der Waals surface area contributed by atoms with Crippen LogP contribution >= 0.6 is 11.6 Å². The van der Waals surface area contributed by atoms with E-state index in [1.807, 2.05) is 28.0 Å². The van der Waals surface area contributed by atoms with Gasteiger partial charge in [0.05, 0.1) is 12.1 Å². The van der Waals surface area contributed by atoms with Crippen LogP contribution in [0.5, 0.6) is 0 Å². The first kappa shape index (κ1) is 15.4. The highest BCUT2D eigenvalue weighted by Gasteiger charge is 2.46. The van der Waals surface area contributed by atoms with Gasteiger partial charge in [0, 0.05) is 36.4 Å². The van der Waals surface area contributed by atoms with Gasteiger partial charge in [-0.3, -0.25) is 0 Å². The minimum atomic E-state index is -0.0555. The second-order valence-electron chi connectivity index (χ2n) is 6.75. The standard InChI is InChI=1S/C17H20ClN5O/c18-12-1-3-14-11(7-12)9-22(6-5-20-14)17(24)21-15-8-13-2-4-16(15)23(13)10-19/h1,3,7,13,15-16,20H,2,4-6,8-9H2,(H,21,24)/t13-,15+,16+/m0/s1. The molecule has 3 aliphatic rings. The molecule has 1 aromatic carbocycles. The summed E-state index contributed by atoms with van der Waals surface area (Å²) in [5.74, 6) is 0. The molecule has 0 saturated carbocycles. The molecule has 0 spiro atoms. The summed E-state index contributed by atoms with van der Waals surface area (Å²) in [6.07, 6.45) is 5.20. The van der Waals surface area contributed by atoms with E-state index >= 15 is 0 Å². The van der Waals surface area contributed by atoms with Crippen LogP contribution in [-0.4, -0.2) is 47.0 Å². The maximum atomic E-state index is 12.7. The van der Waals surface area contributed by atoms with Gasteiger partial charge in [0.15, 0.2) is 6.19 Å². The quantitative estimate of drug-likeness (QED) is 0.766. The lowest BCUT2D eigenvalue weighted by atomic mass is 9.96. The fourth-order valence-electron chi connectivity index (χ4n) is 4.20. The monoisotopic (exact) mass is 345 g/mol. The highest BCUT2D eigenvalue weighted by atomic mass is 35.5. The van der Waals surface area contributed by atoms with Crippen LogP contribution in [0.15, 0.2) is 18.2 Å². The molecule has 2 N–H and O–H groups in total. The van der Waals surface area contributed by atoms with Gasteiger partial charge in [-0.15, -0.1) is 0 Å². The Balaban J connectivity index is 1.45. The molecule has 2 amide bonds. The van der Waals surface area contributed by atoms with E-state index in [0.717, 1.165) is 30.5 Å². The summed E-state index contributed by atoms with van der Waals surface area (Å²) in [5, 5.41) is 16.4. The lowest BCUT2D eigenvalue weighted by Gasteiger charge is -2.27. The number of nitriles is 1. The highest BCUT2D eigenvalue weighted by molar-refractivity contribution is 6.30. The van der Waals surface area contributed by atoms with Gasteiger partial charge in [-0.2, -0.15) is 5.26 Å². The number of carbonyl (C=O) groups is 1. The average Bonchev–Trinajstić information content (AvgIpc) is 3.03. The molecule has 3 heterocycles. The Labute approximate surface area is 146 Å². The van der Waals surface area contributed by atoms with Crippen molar-refractivity contribution in [2.24, 2.45) is 0 Å². The topological polar surface area (TPSA) is 71.4 Å². The maximum absolute atomic E-state index is 12.7. The van der Waals surface area contributed by atoms with E-state index in [1.54, 1.807) is 0 Å². The van der Waals surface area contributed by atoms with Gasteiger partial charge in [0.25, 0.3) is 0 Å². The summed E-state index contributed by atoms with van der Waals surface area (Å²) in [7, 11) is 0. The zero-order valence-electron chi connectivity index (χ0n) is 13.3. The fraction of sp³-hybridized carbons (Fsp3) is 0.529. The molecule has 0 aliphatic carbocycles. The summed E-state index contributed by atoms with van der Waals surface area (Å²) in [6, 6.07) is 6.21. The van der Waals surface area contributed by atoms with E-state index in [1.165, 1.54) is 0 Å². The van der Waals surface area contributed by atoms with Gasteiger partial charge in [0.1, 0.15) is 0 Å². The molecule has 24 heavy (non-hydrogen) atoms. The van der Waals surface area contributed by atoms with Crippen molar-refractivity contribution in [2.45, 2.75) is 43.9 Å². The smallest absolute Gasteiger partial charge is 0.318 e. The molecule has 2 fully saturated rings. The molecule has 126 valence electrons. The normalized spacial score (nSPS) is 27.9. The average molecular weight is 346 g/mol. The Kier molecular flexibility index (Phi) is 3.89. The van der Waals surface area contributed by atoms with Crippen LogP contribution in [0.1, 0.15) is 24.8 Å². The van der Waals surface area contributed by atoms with E-state index in [4.69, 9.17) is 11.6 Å². The molecule has 3 aliphatic heterocycles. The Bertz CT molecular complexity index is 703. The summed E-state index contributed by atoms with van der Waals surface area (Å²) < 4.78 is 0. The van der Waals surface area contributed by atoms with Gasteiger partial charge in [-0.1, -0.05) is 11.6 Å². The Hall–Kier alpha value is -2.13. The third kappa shape index (κ3) is 2.63. The van der Waals surface area contributed by atoms with Crippen LogP contribution in [0.2, 0.25) is 5.02 Å². The molecule has 0 radical (unpaired) electrons. The van der Waals surface area contributed by atoms with Gasteiger partial charge in [-0.25, -0.2) is 4.79 Å². The van der Waals surface area contributed by atoms with Gasteiger partial charge < -0.3 is 20.4 Å². The summed E-state index contributed by atoms with van der Waals surface area (Å²) >= 11 is 6.09. The molecule has 0 aromatic heterocycles. The zero-order valence-corrected chi connectivity index (χ0v) is 14.1. The van der Waals surface area contributed by atoms with Gasteiger partial charge in [0.2, 0.25) is 0 Å². The Morgan fingerprint density at radius 1 is 1.42 bits per heavy atom. The Morgan fingerprint density at radius 3 is 3.08 bits per heavy atom. The van der Waals surface area contributed by atoms with Crippen LogP contribution < -0.4 is 10.6 Å². The summed E-state index contributed by atoms with van der Waals surface area (Å²) in [4.78, 5) is 16.4. The van der Waals surface area contributed by atoms with E-state index in [-0.39, 0.29) is 18.1 Å². The van der Waals surface area contributed by atoms with Gasteiger partial charge >= 0.3 is 6.03 Å². The number of hydrogen-bond donors (Lipinski definition) is 2. The van der Waals surface area contributed by atoms with Crippen molar-refractivity contribution in [1.29, 1.82) is 5.26 Å². The zero-order chi connectivity index (χ0) is 16.7. The molecule has 6 nitrogen and oxygen atoms in total. The molecule has 4 rings (SSSR count). The number of anilines is 1. The van der Waals surface area contributed by atoms with Crippen molar-refractivity contribution in [3.63, 3.8) is 0 Å². The number of fused-ring (bicyclic) bond motifs is 3. The van der Waals surface area contributed by atoms with Crippen LogP contribution in [-0.2, 0) is 6.54 Å². The highest BCUT2D eigenvalue weighted by Crippen LogP contribution is 2.37. The fourth-order valence-corrected chi connectivity index (χ4v) is 4.39. The van der Waals surface area contributed by atoms with Gasteiger partial charge in [-0.05, 0) is 43.0 Å².